The molecule has 0 aliphatic carbocycles. The zero-order valence-corrected chi connectivity index (χ0v) is 17.6. The Morgan fingerprint density at radius 3 is 2.30 bits per heavy atom. The number of anilines is 1. The van der Waals surface area contributed by atoms with Gasteiger partial charge in [-0.15, -0.1) is 0 Å². The molecule has 2 N–H and O–H groups in total. The van der Waals surface area contributed by atoms with E-state index in [-0.39, 0.29) is 0 Å². The van der Waals surface area contributed by atoms with Crippen molar-refractivity contribution in [1.82, 2.24) is 10.3 Å². The Bertz CT molecular complexity index is 1270. The maximum Gasteiger partial charge on any atom is 0.333 e. The highest BCUT2D eigenvalue weighted by atomic mass is 16.5. The second-order valence-electron chi connectivity index (χ2n) is 7.21. The van der Waals surface area contributed by atoms with Crippen LogP contribution in [0, 0.1) is 0 Å². The lowest BCUT2D eigenvalue weighted by molar-refractivity contribution is -0.149. The summed E-state index contributed by atoms with van der Waals surface area (Å²) in [5, 5.41) is 6.21. The summed E-state index contributed by atoms with van der Waals surface area (Å²) in [6.45, 7) is -0.500. The Hall–Kier alpha value is -4.52. The first kappa shape index (κ1) is 21.7. The van der Waals surface area contributed by atoms with E-state index in [0.29, 0.717) is 16.8 Å². The fourth-order valence-electron chi connectivity index (χ4n) is 3.35. The van der Waals surface area contributed by atoms with Crippen molar-refractivity contribution in [2.75, 3.05) is 11.9 Å². The van der Waals surface area contributed by atoms with E-state index >= 15 is 0 Å². The van der Waals surface area contributed by atoms with Crippen molar-refractivity contribution < 1.29 is 19.1 Å². The summed E-state index contributed by atoms with van der Waals surface area (Å²) in [6, 6.07) is 25.2. The summed E-state index contributed by atoms with van der Waals surface area (Å²) in [4.78, 5) is 42.2. The normalized spacial score (nSPS) is 11.4. The second kappa shape index (κ2) is 10.2. The van der Waals surface area contributed by atoms with Gasteiger partial charge in [0.15, 0.2) is 12.6 Å². The van der Waals surface area contributed by atoms with E-state index in [1.807, 2.05) is 12.1 Å². The quantitative estimate of drug-likeness (QED) is 0.426. The zero-order valence-electron chi connectivity index (χ0n) is 17.6. The van der Waals surface area contributed by atoms with Gasteiger partial charge in [0.1, 0.15) is 0 Å². The van der Waals surface area contributed by atoms with Gasteiger partial charge < -0.3 is 15.4 Å². The van der Waals surface area contributed by atoms with Crippen LogP contribution < -0.4 is 10.6 Å². The number of esters is 1. The lowest BCUT2D eigenvalue weighted by Gasteiger charge is -2.18. The first-order valence-electron chi connectivity index (χ1n) is 10.3. The van der Waals surface area contributed by atoms with Gasteiger partial charge in [-0.25, -0.2) is 4.79 Å². The van der Waals surface area contributed by atoms with Crippen LogP contribution in [0.4, 0.5) is 5.69 Å². The number of amides is 2. The summed E-state index contributed by atoms with van der Waals surface area (Å²) >= 11 is 0. The van der Waals surface area contributed by atoms with E-state index in [1.165, 1.54) is 0 Å². The Morgan fingerprint density at radius 1 is 0.818 bits per heavy atom. The highest BCUT2D eigenvalue weighted by Crippen LogP contribution is 2.21. The number of pyridine rings is 1. The number of hydrogen-bond acceptors (Lipinski definition) is 5. The van der Waals surface area contributed by atoms with E-state index in [0.717, 1.165) is 10.9 Å². The molecule has 0 fully saturated rings. The summed E-state index contributed by atoms with van der Waals surface area (Å²) in [5.41, 5.74) is 2.26. The molecule has 0 aliphatic rings. The zero-order chi connectivity index (χ0) is 23.0. The molecule has 1 unspecified atom stereocenters. The molecule has 0 spiro atoms. The van der Waals surface area contributed by atoms with Crippen LogP contribution in [-0.2, 0) is 14.3 Å². The molecule has 164 valence electrons. The van der Waals surface area contributed by atoms with Gasteiger partial charge in [0.2, 0.25) is 0 Å². The highest BCUT2D eigenvalue weighted by Gasteiger charge is 2.25. The van der Waals surface area contributed by atoms with E-state index in [4.69, 9.17) is 4.74 Å². The van der Waals surface area contributed by atoms with Crippen LogP contribution in [-0.4, -0.2) is 29.4 Å². The topological polar surface area (TPSA) is 97.4 Å². The van der Waals surface area contributed by atoms with Crippen molar-refractivity contribution in [2.24, 2.45) is 0 Å². The summed E-state index contributed by atoms with van der Waals surface area (Å²) < 4.78 is 5.26. The van der Waals surface area contributed by atoms with Crippen LogP contribution >= 0.6 is 0 Å². The molecule has 33 heavy (non-hydrogen) atoms. The Balaban J connectivity index is 1.44. The summed E-state index contributed by atoms with van der Waals surface area (Å²) in [5.74, 6) is -1.66. The van der Waals surface area contributed by atoms with Crippen LogP contribution in [0.2, 0.25) is 0 Å². The molecule has 2 amide bonds. The van der Waals surface area contributed by atoms with Gasteiger partial charge in [0.05, 0.1) is 11.2 Å². The minimum Gasteiger partial charge on any atom is -0.454 e. The van der Waals surface area contributed by atoms with Gasteiger partial charge in [-0.1, -0.05) is 54.6 Å². The fraction of sp³-hybridized carbons (Fsp3) is 0.0769. The molecular formula is C26H21N3O4. The van der Waals surface area contributed by atoms with Crippen molar-refractivity contribution in [3.05, 3.63) is 108 Å². The van der Waals surface area contributed by atoms with Gasteiger partial charge in [-0.05, 0) is 42.0 Å². The van der Waals surface area contributed by atoms with E-state index in [2.05, 4.69) is 15.6 Å². The molecule has 4 rings (SSSR count). The van der Waals surface area contributed by atoms with E-state index < -0.39 is 30.4 Å². The largest absolute Gasteiger partial charge is 0.454 e. The minimum atomic E-state index is -1.06. The number of rotatable bonds is 7. The summed E-state index contributed by atoms with van der Waals surface area (Å²) in [7, 11) is 0. The Kier molecular flexibility index (Phi) is 6.70. The molecular weight excluding hydrogens is 418 g/mol. The molecule has 1 atom stereocenters. The van der Waals surface area contributed by atoms with E-state index in [1.54, 1.807) is 85.1 Å². The predicted molar refractivity (Wildman–Crippen MR) is 124 cm³/mol. The lowest BCUT2D eigenvalue weighted by atomic mass is 10.1. The van der Waals surface area contributed by atoms with Crippen molar-refractivity contribution >= 4 is 34.4 Å². The van der Waals surface area contributed by atoms with Gasteiger partial charge >= 0.3 is 5.97 Å². The molecule has 0 bridgehead atoms. The van der Waals surface area contributed by atoms with Crippen molar-refractivity contribution in [3.63, 3.8) is 0 Å². The lowest BCUT2D eigenvalue weighted by Crippen LogP contribution is -2.36. The Morgan fingerprint density at radius 2 is 1.55 bits per heavy atom. The van der Waals surface area contributed by atoms with Crippen LogP contribution in [0.3, 0.4) is 0 Å². The molecule has 0 radical (unpaired) electrons. The number of benzene rings is 3. The van der Waals surface area contributed by atoms with Crippen LogP contribution in [0.5, 0.6) is 0 Å². The monoisotopic (exact) mass is 439 g/mol. The first-order valence-corrected chi connectivity index (χ1v) is 10.3. The number of carbonyl (C=O) groups excluding carboxylic acids is 3. The number of nitrogens with zero attached hydrogens (tertiary/aromatic N) is 1. The molecule has 3 aromatic carbocycles. The number of fused-ring (bicyclic) bond motifs is 1. The van der Waals surface area contributed by atoms with Crippen molar-refractivity contribution in [2.45, 2.75) is 6.04 Å². The minimum absolute atomic E-state index is 0.411. The smallest absolute Gasteiger partial charge is 0.333 e. The average Bonchev–Trinajstić information content (AvgIpc) is 2.87. The third-order valence-corrected chi connectivity index (χ3v) is 4.95. The Labute approximate surface area is 190 Å². The number of aromatic nitrogens is 1. The van der Waals surface area contributed by atoms with Crippen LogP contribution in [0.1, 0.15) is 22.0 Å². The first-order chi connectivity index (χ1) is 16.1. The van der Waals surface area contributed by atoms with Gasteiger partial charge in [-0.3, -0.25) is 14.6 Å². The third-order valence-electron chi connectivity index (χ3n) is 4.95. The second-order valence-corrected chi connectivity index (χ2v) is 7.21. The van der Waals surface area contributed by atoms with E-state index in [9.17, 15) is 14.4 Å². The molecule has 0 saturated carbocycles. The fourth-order valence-corrected chi connectivity index (χ4v) is 3.35. The molecule has 4 aromatic rings. The van der Waals surface area contributed by atoms with Gasteiger partial charge in [0.25, 0.3) is 11.8 Å². The number of carbonyl (C=O) groups is 3. The average molecular weight is 439 g/mol. The number of ether oxygens (including phenoxy) is 1. The SMILES string of the molecule is O=C(COC(=O)C(NC(=O)c1ccccc1)c1ccccc1)Nc1cccc2ncccc12. The standard InChI is InChI=1S/C26H21N3O4/c30-23(28-22-15-7-14-21-20(22)13-8-16-27-21)17-33-26(32)24(18-9-3-1-4-10-18)29-25(31)19-11-5-2-6-12-19/h1-16,24H,17H2,(H,28,30)(H,29,31). The molecule has 7 nitrogen and oxygen atoms in total. The van der Waals surface area contributed by atoms with Crippen molar-refractivity contribution in [1.29, 1.82) is 0 Å². The number of nitrogens with one attached hydrogen (secondary N) is 2. The maximum absolute atomic E-state index is 12.9. The molecule has 1 heterocycles. The third kappa shape index (κ3) is 5.40. The maximum atomic E-state index is 12.9. The van der Waals surface area contributed by atoms with Crippen LogP contribution in [0.15, 0.2) is 97.2 Å². The molecule has 1 aromatic heterocycles. The summed E-state index contributed by atoms with van der Waals surface area (Å²) in [6.07, 6.45) is 1.67. The highest BCUT2D eigenvalue weighted by molar-refractivity contribution is 6.02. The van der Waals surface area contributed by atoms with Gasteiger partial charge in [-0.2, -0.15) is 0 Å². The molecule has 0 saturated heterocycles. The van der Waals surface area contributed by atoms with Gasteiger partial charge in [0, 0.05) is 17.1 Å². The molecule has 0 aliphatic heterocycles. The number of hydrogen-bond donors (Lipinski definition) is 2. The van der Waals surface area contributed by atoms with Crippen LogP contribution in [0.25, 0.3) is 10.9 Å². The van der Waals surface area contributed by atoms with Crippen molar-refractivity contribution in [3.8, 4) is 0 Å². The predicted octanol–water partition coefficient (Wildman–Crippen LogP) is 3.89. The molecule has 7 heteroatoms.